The van der Waals surface area contributed by atoms with Crippen molar-refractivity contribution in [2.24, 2.45) is 5.10 Å². The Labute approximate surface area is 154 Å². The number of nitrogens with zero attached hydrogens (tertiary/aromatic N) is 2. The predicted octanol–water partition coefficient (Wildman–Crippen LogP) is 4.90. The zero-order valence-electron chi connectivity index (χ0n) is 15.1. The SMILES string of the molecule is COc1cccc2c1OC1(CCCCC1)N1N=C(c3ccccc3)C[C@H]21. The van der Waals surface area contributed by atoms with Gasteiger partial charge in [0.25, 0.3) is 0 Å². The molecule has 1 atom stereocenters. The van der Waals surface area contributed by atoms with E-state index in [-0.39, 0.29) is 11.8 Å². The molecule has 2 aromatic carbocycles. The molecule has 5 rings (SSSR count). The van der Waals surface area contributed by atoms with Crippen molar-refractivity contribution in [3.05, 3.63) is 59.7 Å². The zero-order valence-corrected chi connectivity index (χ0v) is 15.1. The molecule has 1 saturated carbocycles. The lowest BCUT2D eigenvalue weighted by Crippen LogP contribution is -2.54. The highest BCUT2D eigenvalue weighted by Gasteiger charge is 2.51. The minimum absolute atomic E-state index is 0.224. The molecule has 0 saturated heterocycles. The van der Waals surface area contributed by atoms with Crippen molar-refractivity contribution in [2.75, 3.05) is 7.11 Å². The van der Waals surface area contributed by atoms with Crippen LogP contribution in [0, 0.1) is 0 Å². The van der Waals surface area contributed by atoms with Gasteiger partial charge in [0, 0.05) is 24.8 Å². The van der Waals surface area contributed by atoms with Gasteiger partial charge in [-0.1, -0.05) is 48.9 Å². The molecule has 2 aliphatic heterocycles. The van der Waals surface area contributed by atoms with E-state index in [4.69, 9.17) is 14.6 Å². The highest BCUT2D eigenvalue weighted by Crippen LogP contribution is 2.53. The smallest absolute Gasteiger partial charge is 0.198 e. The van der Waals surface area contributed by atoms with Crippen LogP contribution in [0.4, 0.5) is 0 Å². The lowest BCUT2D eigenvalue weighted by atomic mass is 9.86. The fourth-order valence-corrected chi connectivity index (χ4v) is 4.67. The monoisotopic (exact) mass is 348 g/mol. The first-order valence-electron chi connectivity index (χ1n) is 9.59. The maximum atomic E-state index is 6.67. The Morgan fingerprint density at radius 1 is 1.04 bits per heavy atom. The molecule has 2 aromatic rings. The summed E-state index contributed by atoms with van der Waals surface area (Å²) in [7, 11) is 1.72. The fourth-order valence-electron chi connectivity index (χ4n) is 4.67. The van der Waals surface area contributed by atoms with Crippen LogP contribution in [0.1, 0.15) is 55.7 Å². The van der Waals surface area contributed by atoms with Gasteiger partial charge >= 0.3 is 0 Å². The quantitative estimate of drug-likeness (QED) is 0.774. The van der Waals surface area contributed by atoms with Gasteiger partial charge in [0.05, 0.1) is 18.9 Å². The van der Waals surface area contributed by atoms with E-state index in [1.165, 1.54) is 30.4 Å². The minimum atomic E-state index is -0.332. The Bertz CT molecular complexity index is 840. The maximum absolute atomic E-state index is 6.67. The number of fused-ring (bicyclic) bond motifs is 4. The molecule has 1 spiro atoms. The van der Waals surface area contributed by atoms with Crippen molar-refractivity contribution in [2.45, 2.75) is 50.3 Å². The molecule has 0 amide bonds. The number of hydrogen-bond acceptors (Lipinski definition) is 4. The predicted molar refractivity (Wildman–Crippen MR) is 102 cm³/mol. The third kappa shape index (κ3) is 2.32. The second kappa shape index (κ2) is 6.04. The summed E-state index contributed by atoms with van der Waals surface area (Å²) in [5.41, 5.74) is 3.22. The van der Waals surface area contributed by atoms with Gasteiger partial charge in [-0.15, -0.1) is 0 Å². The number of rotatable bonds is 2. The van der Waals surface area contributed by atoms with Gasteiger partial charge in [0.15, 0.2) is 17.2 Å². The van der Waals surface area contributed by atoms with E-state index in [9.17, 15) is 0 Å². The summed E-state index contributed by atoms with van der Waals surface area (Å²) in [5, 5.41) is 7.37. The molecule has 0 N–H and O–H groups in total. The van der Waals surface area contributed by atoms with E-state index in [0.717, 1.165) is 36.5 Å². The average molecular weight is 348 g/mol. The van der Waals surface area contributed by atoms with Crippen LogP contribution >= 0.6 is 0 Å². The van der Waals surface area contributed by atoms with E-state index in [0.29, 0.717) is 0 Å². The van der Waals surface area contributed by atoms with Gasteiger partial charge in [-0.05, 0) is 24.5 Å². The van der Waals surface area contributed by atoms with Crippen molar-refractivity contribution >= 4 is 5.71 Å². The Kier molecular flexibility index (Phi) is 3.66. The first-order chi connectivity index (χ1) is 12.8. The van der Waals surface area contributed by atoms with Crippen LogP contribution in [0.3, 0.4) is 0 Å². The lowest BCUT2D eigenvalue weighted by molar-refractivity contribution is -0.141. The van der Waals surface area contributed by atoms with E-state index in [1.54, 1.807) is 7.11 Å². The van der Waals surface area contributed by atoms with Crippen molar-refractivity contribution in [3.63, 3.8) is 0 Å². The zero-order chi connectivity index (χ0) is 17.6. The van der Waals surface area contributed by atoms with Crippen LogP contribution in [-0.4, -0.2) is 23.6 Å². The minimum Gasteiger partial charge on any atom is -0.493 e. The van der Waals surface area contributed by atoms with Crippen molar-refractivity contribution < 1.29 is 9.47 Å². The molecule has 26 heavy (non-hydrogen) atoms. The normalized spacial score (nSPS) is 23.0. The molecule has 0 unspecified atom stereocenters. The number of para-hydroxylation sites is 1. The van der Waals surface area contributed by atoms with Crippen LogP contribution < -0.4 is 9.47 Å². The molecule has 1 aliphatic carbocycles. The summed E-state index contributed by atoms with van der Waals surface area (Å²) in [6.45, 7) is 0. The summed E-state index contributed by atoms with van der Waals surface area (Å²) >= 11 is 0. The molecule has 3 aliphatic rings. The topological polar surface area (TPSA) is 34.1 Å². The average Bonchev–Trinajstić information content (AvgIpc) is 3.16. The summed E-state index contributed by atoms with van der Waals surface area (Å²) in [6, 6.07) is 17.0. The van der Waals surface area contributed by atoms with Crippen LogP contribution in [0.5, 0.6) is 11.5 Å². The third-order valence-corrected chi connectivity index (χ3v) is 5.95. The van der Waals surface area contributed by atoms with Gasteiger partial charge in [0.1, 0.15) is 0 Å². The summed E-state index contributed by atoms with van der Waals surface area (Å²) in [5.74, 6) is 1.75. The largest absolute Gasteiger partial charge is 0.493 e. The number of ether oxygens (including phenoxy) is 2. The van der Waals surface area contributed by atoms with Crippen LogP contribution in [0.25, 0.3) is 0 Å². The lowest BCUT2D eigenvalue weighted by Gasteiger charge is -2.49. The van der Waals surface area contributed by atoms with Gasteiger partial charge in [0.2, 0.25) is 0 Å². The molecule has 0 bridgehead atoms. The van der Waals surface area contributed by atoms with Gasteiger partial charge in [-0.3, -0.25) is 0 Å². The van der Waals surface area contributed by atoms with Gasteiger partial charge in [-0.25, -0.2) is 5.01 Å². The second-order valence-corrected chi connectivity index (χ2v) is 7.46. The van der Waals surface area contributed by atoms with Gasteiger partial charge in [-0.2, -0.15) is 5.10 Å². The van der Waals surface area contributed by atoms with E-state index >= 15 is 0 Å². The van der Waals surface area contributed by atoms with E-state index in [1.807, 2.05) is 6.07 Å². The molecular weight excluding hydrogens is 324 g/mol. The number of hydrogen-bond donors (Lipinski definition) is 0. The van der Waals surface area contributed by atoms with Crippen LogP contribution in [0.15, 0.2) is 53.6 Å². The van der Waals surface area contributed by atoms with Crippen molar-refractivity contribution in [3.8, 4) is 11.5 Å². The molecule has 0 aromatic heterocycles. The van der Waals surface area contributed by atoms with Gasteiger partial charge < -0.3 is 9.47 Å². The molecular formula is C22H24N2O2. The molecule has 134 valence electrons. The number of hydrazone groups is 1. The molecule has 4 nitrogen and oxygen atoms in total. The fraction of sp³-hybridized carbons (Fsp3) is 0.409. The molecule has 0 radical (unpaired) electrons. The van der Waals surface area contributed by atoms with Crippen molar-refractivity contribution in [1.29, 1.82) is 0 Å². The maximum Gasteiger partial charge on any atom is 0.198 e. The number of methoxy groups -OCH3 is 1. The van der Waals surface area contributed by atoms with Crippen molar-refractivity contribution in [1.82, 2.24) is 5.01 Å². The Morgan fingerprint density at radius 3 is 2.62 bits per heavy atom. The number of benzene rings is 2. The Balaban J connectivity index is 1.63. The van der Waals surface area contributed by atoms with Crippen LogP contribution in [-0.2, 0) is 0 Å². The standard InChI is InChI=1S/C22H24N2O2/c1-25-20-12-8-11-17-19-15-18(16-9-4-2-5-10-16)23-24(19)22(26-21(17)20)13-6-3-7-14-22/h2,4-5,8-12,19H,3,6-7,13-15H2,1H3/t19-/m1/s1. The van der Waals surface area contributed by atoms with Crippen LogP contribution in [0.2, 0.25) is 0 Å². The highest BCUT2D eigenvalue weighted by molar-refractivity contribution is 6.02. The Morgan fingerprint density at radius 2 is 1.85 bits per heavy atom. The Hall–Kier alpha value is -2.49. The first kappa shape index (κ1) is 15.7. The molecule has 1 fully saturated rings. The summed E-state index contributed by atoms with van der Waals surface area (Å²) < 4.78 is 12.3. The first-order valence-corrected chi connectivity index (χ1v) is 9.59. The molecule has 4 heteroatoms. The highest BCUT2D eigenvalue weighted by atomic mass is 16.5. The van der Waals surface area contributed by atoms with E-state index < -0.39 is 0 Å². The summed E-state index contributed by atoms with van der Waals surface area (Å²) in [4.78, 5) is 0. The van der Waals surface area contributed by atoms with E-state index in [2.05, 4.69) is 47.5 Å². The molecule has 2 heterocycles. The third-order valence-electron chi connectivity index (χ3n) is 5.95. The summed E-state index contributed by atoms with van der Waals surface area (Å²) in [6.07, 6.45) is 6.60. The second-order valence-electron chi connectivity index (χ2n) is 7.46.